The fraction of sp³-hybridized carbons (Fsp3) is 0.320. The SMILES string of the molecule is CNS(=O)(=O)NC(=O)c1csc(CN(CCCc2ccccc2)C(=O)c2cc(OC)c(C)c(OC)c2)n1. The van der Waals surface area contributed by atoms with Gasteiger partial charge in [0.2, 0.25) is 0 Å². The van der Waals surface area contributed by atoms with Crippen LogP contribution in [0.1, 0.15) is 43.4 Å². The summed E-state index contributed by atoms with van der Waals surface area (Å²) in [6.07, 6.45) is 1.48. The molecule has 10 nitrogen and oxygen atoms in total. The number of hydrogen-bond donors (Lipinski definition) is 2. The first-order valence-electron chi connectivity index (χ1n) is 11.4. The maximum Gasteiger partial charge on any atom is 0.301 e. The number of nitrogens with one attached hydrogen (secondary N) is 2. The monoisotopic (exact) mass is 546 g/mol. The Balaban J connectivity index is 1.84. The fourth-order valence-electron chi connectivity index (χ4n) is 3.64. The maximum atomic E-state index is 13.6. The van der Waals surface area contributed by atoms with Crippen LogP contribution in [0.5, 0.6) is 11.5 Å². The van der Waals surface area contributed by atoms with Gasteiger partial charge in [-0.3, -0.25) is 9.59 Å². The molecule has 0 unspecified atom stereocenters. The van der Waals surface area contributed by atoms with Crippen LogP contribution >= 0.6 is 11.3 Å². The number of amides is 2. The van der Waals surface area contributed by atoms with Crippen molar-refractivity contribution in [3.05, 3.63) is 75.2 Å². The Labute approximate surface area is 220 Å². The molecule has 1 aromatic heterocycles. The molecule has 0 radical (unpaired) electrons. The lowest BCUT2D eigenvalue weighted by atomic mass is 10.1. The van der Waals surface area contributed by atoms with Crippen molar-refractivity contribution in [2.24, 2.45) is 0 Å². The van der Waals surface area contributed by atoms with E-state index in [-0.39, 0.29) is 18.1 Å². The molecule has 198 valence electrons. The number of benzene rings is 2. The van der Waals surface area contributed by atoms with Crippen molar-refractivity contribution in [1.82, 2.24) is 19.3 Å². The lowest BCUT2D eigenvalue weighted by Crippen LogP contribution is -2.38. The van der Waals surface area contributed by atoms with E-state index in [1.165, 1.54) is 38.0 Å². The lowest BCUT2D eigenvalue weighted by Gasteiger charge is -2.23. The summed E-state index contributed by atoms with van der Waals surface area (Å²) in [4.78, 5) is 31.8. The number of hydrogen-bond acceptors (Lipinski definition) is 8. The lowest BCUT2D eigenvalue weighted by molar-refractivity contribution is 0.0740. The second kappa shape index (κ2) is 12.7. The molecule has 0 atom stereocenters. The summed E-state index contributed by atoms with van der Waals surface area (Å²) in [6, 6.07) is 13.3. The Bertz CT molecular complexity index is 1320. The van der Waals surface area contributed by atoms with E-state index in [9.17, 15) is 18.0 Å². The standard InChI is InChI=1S/C25H30N4O6S2/c1-17-21(34-3)13-19(14-22(17)35-4)25(31)29(12-8-11-18-9-6-5-7-10-18)15-23-27-20(16-36-23)24(30)28-37(32,33)26-2/h5-7,9-10,13-14,16,26H,8,11-12,15H2,1-4H3,(H,28,30). The second-order valence-electron chi connectivity index (χ2n) is 8.09. The number of rotatable bonds is 12. The number of nitrogens with zero attached hydrogens (tertiary/aromatic N) is 2. The Morgan fingerprint density at radius 1 is 1.08 bits per heavy atom. The summed E-state index contributed by atoms with van der Waals surface area (Å²) in [7, 11) is 0.296. The third-order valence-electron chi connectivity index (χ3n) is 5.63. The third kappa shape index (κ3) is 7.51. The highest BCUT2D eigenvalue weighted by molar-refractivity contribution is 7.88. The molecular weight excluding hydrogens is 516 g/mol. The van der Waals surface area contributed by atoms with Crippen LogP contribution < -0.4 is 18.9 Å². The average Bonchev–Trinajstić information content (AvgIpc) is 3.37. The third-order valence-corrected chi connectivity index (χ3v) is 7.45. The van der Waals surface area contributed by atoms with Gasteiger partial charge in [0.15, 0.2) is 0 Å². The largest absolute Gasteiger partial charge is 0.496 e. The molecule has 0 spiro atoms. The van der Waals surface area contributed by atoms with Crippen molar-refractivity contribution in [3.8, 4) is 11.5 Å². The smallest absolute Gasteiger partial charge is 0.301 e. The van der Waals surface area contributed by atoms with Gasteiger partial charge in [-0.05, 0) is 37.5 Å². The highest BCUT2D eigenvalue weighted by Gasteiger charge is 2.22. The molecule has 2 amide bonds. The van der Waals surface area contributed by atoms with E-state index in [1.54, 1.807) is 17.0 Å². The van der Waals surface area contributed by atoms with Crippen LogP contribution in [-0.4, -0.2) is 57.9 Å². The Kier molecular flexibility index (Phi) is 9.61. The first kappa shape index (κ1) is 28.1. The molecule has 0 saturated carbocycles. The molecule has 3 rings (SSSR count). The summed E-state index contributed by atoms with van der Waals surface area (Å²) in [6.45, 7) is 2.42. The number of methoxy groups -OCH3 is 2. The van der Waals surface area contributed by atoms with E-state index in [2.05, 4.69) is 4.98 Å². The van der Waals surface area contributed by atoms with E-state index in [1.807, 2.05) is 46.7 Å². The van der Waals surface area contributed by atoms with Gasteiger partial charge >= 0.3 is 10.2 Å². The molecule has 2 aromatic carbocycles. The van der Waals surface area contributed by atoms with Gasteiger partial charge in [0.1, 0.15) is 22.2 Å². The highest BCUT2D eigenvalue weighted by atomic mass is 32.2. The minimum Gasteiger partial charge on any atom is -0.496 e. The summed E-state index contributed by atoms with van der Waals surface area (Å²) >= 11 is 1.17. The average molecular weight is 547 g/mol. The second-order valence-corrected chi connectivity index (χ2v) is 10.6. The number of carbonyl (C=O) groups excluding carboxylic acids is 2. The minimum absolute atomic E-state index is 0.0471. The molecule has 12 heteroatoms. The van der Waals surface area contributed by atoms with E-state index < -0.39 is 16.1 Å². The molecule has 0 fully saturated rings. The Morgan fingerprint density at radius 2 is 1.73 bits per heavy atom. The van der Waals surface area contributed by atoms with E-state index >= 15 is 0 Å². The van der Waals surface area contributed by atoms with Crippen LogP contribution in [-0.2, 0) is 23.2 Å². The van der Waals surface area contributed by atoms with E-state index in [0.717, 1.165) is 17.5 Å². The molecule has 2 N–H and O–H groups in total. The Hall–Kier alpha value is -3.48. The van der Waals surface area contributed by atoms with Gasteiger partial charge in [0, 0.05) is 30.1 Å². The maximum absolute atomic E-state index is 13.6. The molecule has 0 bridgehead atoms. The predicted octanol–water partition coefficient (Wildman–Crippen LogP) is 2.94. The van der Waals surface area contributed by atoms with Gasteiger partial charge in [-0.25, -0.2) is 14.4 Å². The van der Waals surface area contributed by atoms with Crippen molar-refractivity contribution in [2.45, 2.75) is 26.3 Å². The van der Waals surface area contributed by atoms with Crippen molar-refractivity contribution in [1.29, 1.82) is 0 Å². The summed E-state index contributed by atoms with van der Waals surface area (Å²) in [5.74, 6) is -0.0350. The number of carbonyl (C=O) groups is 2. The molecule has 37 heavy (non-hydrogen) atoms. The molecular formula is C25H30N4O6S2. The first-order valence-corrected chi connectivity index (χ1v) is 13.8. The zero-order chi connectivity index (χ0) is 27.0. The first-order chi connectivity index (χ1) is 17.7. The minimum atomic E-state index is -3.96. The van der Waals surface area contributed by atoms with Gasteiger partial charge in [0.25, 0.3) is 11.8 Å². The number of ether oxygens (including phenoxy) is 2. The van der Waals surface area contributed by atoms with Gasteiger partial charge in [-0.15, -0.1) is 11.3 Å². The molecule has 0 saturated heterocycles. The molecule has 0 aliphatic heterocycles. The van der Waals surface area contributed by atoms with Crippen LogP contribution in [0, 0.1) is 6.92 Å². The van der Waals surface area contributed by atoms with E-state index in [0.29, 0.717) is 35.0 Å². The number of thiazole rings is 1. The summed E-state index contributed by atoms with van der Waals surface area (Å²) in [5.41, 5.74) is 2.29. The van der Waals surface area contributed by atoms with Crippen LogP contribution in [0.15, 0.2) is 47.8 Å². The number of aryl methyl sites for hydroxylation is 1. The summed E-state index contributed by atoms with van der Waals surface area (Å²) in [5, 5.41) is 1.95. The van der Waals surface area contributed by atoms with Crippen molar-refractivity contribution < 1.29 is 27.5 Å². The van der Waals surface area contributed by atoms with Crippen molar-refractivity contribution in [3.63, 3.8) is 0 Å². The van der Waals surface area contributed by atoms with Gasteiger partial charge < -0.3 is 14.4 Å². The van der Waals surface area contributed by atoms with Crippen molar-refractivity contribution >= 4 is 33.4 Å². The number of aromatic nitrogens is 1. The van der Waals surface area contributed by atoms with Crippen LogP contribution in [0.25, 0.3) is 0 Å². The molecule has 1 heterocycles. The zero-order valence-electron chi connectivity index (χ0n) is 21.1. The fourth-order valence-corrected chi connectivity index (χ4v) is 4.88. The molecule has 3 aromatic rings. The molecule has 0 aliphatic rings. The van der Waals surface area contributed by atoms with Gasteiger partial charge in [0.05, 0.1) is 20.8 Å². The van der Waals surface area contributed by atoms with Crippen LogP contribution in [0.2, 0.25) is 0 Å². The van der Waals surface area contributed by atoms with Crippen LogP contribution in [0.3, 0.4) is 0 Å². The zero-order valence-corrected chi connectivity index (χ0v) is 22.7. The Morgan fingerprint density at radius 3 is 2.32 bits per heavy atom. The van der Waals surface area contributed by atoms with Gasteiger partial charge in [-0.2, -0.15) is 8.42 Å². The quantitative estimate of drug-likeness (QED) is 0.358. The van der Waals surface area contributed by atoms with Crippen LogP contribution in [0.4, 0.5) is 0 Å². The normalized spacial score (nSPS) is 11.1. The predicted molar refractivity (Wildman–Crippen MR) is 141 cm³/mol. The topological polar surface area (TPSA) is 127 Å². The van der Waals surface area contributed by atoms with Crippen molar-refractivity contribution in [2.75, 3.05) is 27.8 Å². The van der Waals surface area contributed by atoms with E-state index in [4.69, 9.17) is 9.47 Å². The summed E-state index contributed by atoms with van der Waals surface area (Å²) < 4.78 is 38.0. The highest BCUT2D eigenvalue weighted by Crippen LogP contribution is 2.30. The molecule has 0 aliphatic carbocycles. The van der Waals surface area contributed by atoms with Gasteiger partial charge in [-0.1, -0.05) is 30.3 Å².